The molecule has 0 bridgehead atoms. The number of aromatic carboxylic acids is 1. The van der Waals surface area contributed by atoms with E-state index in [1.807, 2.05) is 0 Å². The fourth-order valence-corrected chi connectivity index (χ4v) is 4.42. The Morgan fingerprint density at radius 3 is 2.39 bits per heavy atom. The molecule has 36 heavy (non-hydrogen) atoms. The molecule has 0 unspecified atom stereocenters. The van der Waals surface area contributed by atoms with Gasteiger partial charge in [0.05, 0.1) is 22.1 Å². The summed E-state index contributed by atoms with van der Waals surface area (Å²) in [6.45, 7) is 1.22. The van der Waals surface area contributed by atoms with Gasteiger partial charge in [-0.05, 0) is 67.3 Å². The van der Waals surface area contributed by atoms with Crippen molar-refractivity contribution in [3.63, 3.8) is 0 Å². The number of alkyl halides is 3. The Morgan fingerprint density at radius 2 is 1.78 bits per heavy atom. The average Bonchev–Trinajstić information content (AvgIpc) is 3.56. The molecular weight excluding hydrogens is 485 g/mol. The maximum atomic E-state index is 14.8. The average molecular weight is 501 g/mol. The molecule has 6 nitrogen and oxygen atoms in total. The summed E-state index contributed by atoms with van der Waals surface area (Å²) in [5, 5.41) is 13.3. The molecule has 0 atom stereocenters. The minimum Gasteiger partial charge on any atom is -0.478 e. The van der Waals surface area contributed by atoms with Gasteiger partial charge in [0.15, 0.2) is 0 Å². The molecule has 2 aromatic carbocycles. The van der Waals surface area contributed by atoms with Crippen molar-refractivity contribution in [3.05, 3.63) is 82.5 Å². The third-order valence-corrected chi connectivity index (χ3v) is 6.52. The van der Waals surface area contributed by atoms with E-state index in [0.717, 1.165) is 35.0 Å². The second-order valence-electron chi connectivity index (χ2n) is 8.61. The van der Waals surface area contributed by atoms with Gasteiger partial charge in [-0.3, -0.25) is 9.78 Å². The summed E-state index contributed by atoms with van der Waals surface area (Å²) < 4.78 is 72.0. The molecule has 11 heteroatoms. The normalized spacial score (nSPS) is 14.7. The van der Waals surface area contributed by atoms with Crippen molar-refractivity contribution in [1.82, 2.24) is 14.8 Å². The van der Waals surface area contributed by atoms with Gasteiger partial charge in [0, 0.05) is 11.8 Å². The van der Waals surface area contributed by atoms with Gasteiger partial charge in [0.25, 0.3) is 5.91 Å². The summed E-state index contributed by atoms with van der Waals surface area (Å²) in [4.78, 5) is 29.0. The van der Waals surface area contributed by atoms with Gasteiger partial charge in [-0.25, -0.2) is 13.6 Å². The minimum atomic E-state index is -4.65. The molecule has 1 N–H and O–H groups in total. The maximum absolute atomic E-state index is 14.8. The zero-order chi connectivity index (χ0) is 26.0. The first-order chi connectivity index (χ1) is 17.0. The first-order valence-corrected chi connectivity index (χ1v) is 10.7. The molecule has 1 aliphatic carbocycles. The number of nitrogens with zero attached hydrogens (tertiary/aromatic N) is 3. The minimum absolute atomic E-state index is 0.0559. The Kier molecular flexibility index (Phi) is 5.20. The fourth-order valence-electron chi connectivity index (χ4n) is 4.42. The molecule has 0 saturated heterocycles. The first kappa shape index (κ1) is 23.6. The Labute approximate surface area is 200 Å². The van der Waals surface area contributed by atoms with Gasteiger partial charge >= 0.3 is 12.1 Å². The Morgan fingerprint density at radius 1 is 1.06 bits per heavy atom. The Hall–Kier alpha value is -4.15. The van der Waals surface area contributed by atoms with Crippen molar-refractivity contribution >= 4 is 22.9 Å². The first-order valence-electron chi connectivity index (χ1n) is 10.7. The third-order valence-electron chi connectivity index (χ3n) is 6.52. The van der Waals surface area contributed by atoms with E-state index in [1.54, 1.807) is 0 Å². The van der Waals surface area contributed by atoms with Crippen LogP contribution in [0, 0.1) is 18.6 Å². The topological polar surface area (TPSA) is 85.1 Å². The quantitative estimate of drug-likeness (QED) is 0.365. The number of fused-ring (bicyclic) bond motifs is 1. The van der Waals surface area contributed by atoms with Crippen LogP contribution >= 0.6 is 0 Å². The standard InChI is InChI=1S/C25H16F5N3O3/c1-12-16(26)7-6-15(24(8-9-24)25(28,29)30)19(12)22(34)33-18-3-2-10-31-21(18)20(32-33)14-5-4-13(23(35)36)11-17(14)27/h2-7,10-11H,8-9H2,1H3,(H,35,36). The molecule has 1 fully saturated rings. The molecule has 0 aliphatic heterocycles. The fraction of sp³-hybridized carbons (Fsp3) is 0.200. The van der Waals surface area contributed by atoms with Crippen LogP contribution in [0.3, 0.4) is 0 Å². The van der Waals surface area contributed by atoms with Crippen LogP contribution in [0.1, 0.15) is 44.7 Å². The van der Waals surface area contributed by atoms with E-state index in [1.165, 1.54) is 25.3 Å². The maximum Gasteiger partial charge on any atom is 0.398 e. The summed E-state index contributed by atoms with van der Waals surface area (Å²) in [5.41, 5.74) is -3.83. The number of halogens is 5. The molecule has 4 aromatic rings. The van der Waals surface area contributed by atoms with Gasteiger partial charge in [-0.1, -0.05) is 6.07 Å². The van der Waals surface area contributed by atoms with Crippen molar-refractivity contribution in [1.29, 1.82) is 0 Å². The van der Waals surface area contributed by atoms with Gasteiger partial charge in [0.1, 0.15) is 22.8 Å². The molecule has 5 rings (SSSR count). The number of hydrogen-bond donors (Lipinski definition) is 1. The second kappa shape index (κ2) is 7.94. The number of carbonyl (C=O) groups excluding carboxylic acids is 1. The van der Waals surface area contributed by atoms with Crippen LogP contribution in [0.4, 0.5) is 22.0 Å². The van der Waals surface area contributed by atoms with E-state index in [9.17, 15) is 31.5 Å². The Balaban J connectivity index is 1.73. The number of hydrogen-bond acceptors (Lipinski definition) is 4. The zero-order valence-electron chi connectivity index (χ0n) is 18.5. The van der Waals surface area contributed by atoms with E-state index < -0.39 is 40.7 Å². The number of carboxylic acid groups (broad SMARTS) is 1. The predicted octanol–water partition coefficient (Wildman–Crippen LogP) is 5.67. The van der Waals surface area contributed by atoms with Crippen molar-refractivity contribution in [3.8, 4) is 11.3 Å². The second-order valence-corrected chi connectivity index (χ2v) is 8.61. The number of benzene rings is 2. The van der Waals surface area contributed by atoms with Crippen LogP contribution in [0.15, 0.2) is 48.7 Å². The third kappa shape index (κ3) is 3.45. The van der Waals surface area contributed by atoms with Crippen LogP contribution < -0.4 is 0 Å². The summed E-state index contributed by atoms with van der Waals surface area (Å²) in [7, 11) is 0. The van der Waals surface area contributed by atoms with Gasteiger partial charge in [0.2, 0.25) is 0 Å². The molecule has 2 heterocycles. The largest absolute Gasteiger partial charge is 0.478 e. The van der Waals surface area contributed by atoms with Crippen molar-refractivity contribution in [2.45, 2.75) is 31.4 Å². The summed E-state index contributed by atoms with van der Waals surface area (Å²) in [6.07, 6.45) is -3.78. The Bertz CT molecular complexity index is 1570. The highest BCUT2D eigenvalue weighted by Gasteiger charge is 2.65. The van der Waals surface area contributed by atoms with Crippen LogP contribution in [0.2, 0.25) is 0 Å². The highest BCUT2D eigenvalue weighted by Crippen LogP contribution is 2.60. The number of pyridine rings is 1. The highest BCUT2D eigenvalue weighted by molar-refractivity contribution is 6.05. The monoisotopic (exact) mass is 501 g/mol. The van der Waals surface area contributed by atoms with Crippen molar-refractivity contribution in [2.75, 3.05) is 0 Å². The van der Waals surface area contributed by atoms with Crippen molar-refractivity contribution < 1.29 is 36.6 Å². The van der Waals surface area contributed by atoms with E-state index in [0.29, 0.717) is 0 Å². The van der Waals surface area contributed by atoms with E-state index in [2.05, 4.69) is 10.1 Å². The lowest BCUT2D eigenvalue weighted by molar-refractivity contribution is -0.160. The molecular formula is C25H16F5N3O3. The van der Waals surface area contributed by atoms with Crippen LogP contribution in [-0.4, -0.2) is 37.9 Å². The lowest BCUT2D eigenvalue weighted by atomic mass is 9.87. The SMILES string of the molecule is Cc1c(F)ccc(C2(C(F)(F)F)CC2)c1C(=O)n1nc(-c2ccc(C(=O)O)cc2F)c2ncccc21. The molecule has 2 aromatic heterocycles. The predicted molar refractivity (Wildman–Crippen MR) is 118 cm³/mol. The number of rotatable bonds is 4. The summed E-state index contributed by atoms with van der Waals surface area (Å²) >= 11 is 0. The molecule has 1 saturated carbocycles. The van der Waals surface area contributed by atoms with Gasteiger partial charge in [-0.15, -0.1) is 0 Å². The summed E-state index contributed by atoms with van der Waals surface area (Å²) in [5.74, 6) is -4.18. The lowest BCUT2D eigenvalue weighted by Gasteiger charge is -2.23. The highest BCUT2D eigenvalue weighted by atomic mass is 19.4. The number of aromatic nitrogens is 3. The molecule has 0 spiro atoms. The molecule has 1 aliphatic rings. The lowest BCUT2D eigenvalue weighted by Crippen LogP contribution is -2.32. The van der Waals surface area contributed by atoms with Crippen LogP contribution in [0.5, 0.6) is 0 Å². The summed E-state index contributed by atoms with van der Waals surface area (Å²) in [6, 6.07) is 7.84. The van der Waals surface area contributed by atoms with Crippen molar-refractivity contribution in [2.24, 2.45) is 0 Å². The number of carbonyl (C=O) groups is 2. The van der Waals surface area contributed by atoms with Crippen LogP contribution in [0.25, 0.3) is 22.3 Å². The van der Waals surface area contributed by atoms with Crippen LogP contribution in [-0.2, 0) is 5.41 Å². The van der Waals surface area contributed by atoms with Gasteiger partial charge in [-0.2, -0.15) is 23.0 Å². The van der Waals surface area contributed by atoms with Gasteiger partial charge < -0.3 is 5.11 Å². The molecule has 0 amide bonds. The molecule has 184 valence electrons. The van der Waals surface area contributed by atoms with E-state index >= 15 is 0 Å². The molecule has 0 radical (unpaired) electrons. The van der Waals surface area contributed by atoms with E-state index in [4.69, 9.17) is 5.11 Å². The smallest absolute Gasteiger partial charge is 0.398 e. The zero-order valence-corrected chi connectivity index (χ0v) is 18.5. The van der Waals surface area contributed by atoms with E-state index in [-0.39, 0.29) is 51.8 Å². The number of carboxylic acids is 1.